The molecule has 0 fully saturated rings. The van der Waals surface area contributed by atoms with Gasteiger partial charge < -0.3 is 9.47 Å². The molecule has 0 unspecified atom stereocenters. The minimum absolute atomic E-state index is 0.338. The highest BCUT2D eigenvalue weighted by atomic mass is 127. The van der Waals surface area contributed by atoms with Crippen LogP contribution in [0, 0.1) is 3.57 Å². The molecule has 2 heterocycles. The minimum atomic E-state index is 0.338. The van der Waals surface area contributed by atoms with Crippen LogP contribution in [0.2, 0.25) is 10.3 Å². The molecule has 1 aromatic heterocycles. The molecule has 0 amide bonds. The smallest absolute Gasteiger partial charge is 0.162 e. The first kappa shape index (κ1) is 13.2. The van der Waals surface area contributed by atoms with Crippen LogP contribution in [0.4, 0.5) is 0 Å². The van der Waals surface area contributed by atoms with Gasteiger partial charge in [0.1, 0.15) is 23.5 Å². The van der Waals surface area contributed by atoms with Gasteiger partial charge in [-0.05, 0) is 40.8 Å². The molecule has 2 aromatic rings. The van der Waals surface area contributed by atoms with Crippen LogP contribution in [0.5, 0.6) is 11.5 Å². The molecule has 0 saturated carbocycles. The number of hydrogen-bond acceptors (Lipinski definition) is 4. The van der Waals surface area contributed by atoms with E-state index in [1.807, 2.05) is 40.8 Å². The molecule has 0 bridgehead atoms. The van der Waals surface area contributed by atoms with Crippen LogP contribution in [0.15, 0.2) is 18.2 Å². The van der Waals surface area contributed by atoms with E-state index in [0.29, 0.717) is 38.7 Å². The van der Waals surface area contributed by atoms with Crippen molar-refractivity contribution in [2.45, 2.75) is 0 Å². The van der Waals surface area contributed by atoms with E-state index in [1.165, 1.54) is 0 Å². The van der Waals surface area contributed by atoms with Gasteiger partial charge in [-0.25, -0.2) is 9.97 Å². The van der Waals surface area contributed by atoms with Crippen LogP contribution in [-0.4, -0.2) is 23.2 Å². The lowest BCUT2D eigenvalue weighted by molar-refractivity contribution is 0.171. The number of halogens is 3. The summed E-state index contributed by atoms with van der Waals surface area (Å²) in [6.45, 7) is 1.09. The Kier molecular flexibility index (Phi) is 3.68. The fourth-order valence-corrected chi connectivity index (χ4v) is 2.33. The van der Waals surface area contributed by atoms with Gasteiger partial charge in [0.2, 0.25) is 0 Å². The minimum Gasteiger partial charge on any atom is -0.486 e. The molecule has 0 radical (unpaired) electrons. The van der Waals surface area contributed by atoms with Gasteiger partial charge in [0.25, 0.3) is 0 Å². The Morgan fingerprint density at radius 1 is 1.00 bits per heavy atom. The third-order valence-electron chi connectivity index (χ3n) is 2.57. The highest BCUT2D eigenvalue weighted by Gasteiger charge is 2.15. The Labute approximate surface area is 133 Å². The zero-order valence-corrected chi connectivity index (χ0v) is 13.2. The molecule has 0 atom stereocenters. The number of ether oxygens (including phenoxy) is 2. The Bertz CT molecular complexity index is 629. The summed E-state index contributed by atoms with van der Waals surface area (Å²) in [7, 11) is 0. The van der Waals surface area contributed by atoms with Crippen molar-refractivity contribution in [1.29, 1.82) is 0 Å². The van der Waals surface area contributed by atoms with E-state index < -0.39 is 0 Å². The van der Waals surface area contributed by atoms with Crippen molar-refractivity contribution in [3.05, 3.63) is 32.1 Å². The van der Waals surface area contributed by atoms with Crippen molar-refractivity contribution in [2.24, 2.45) is 0 Å². The summed E-state index contributed by atoms with van der Waals surface area (Å²) in [6, 6.07) is 5.50. The van der Waals surface area contributed by atoms with E-state index in [2.05, 4.69) is 9.97 Å². The molecule has 0 saturated heterocycles. The monoisotopic (exact) mass is 408 g/mol. The summed E-state index contributed by atoms with van der Waals surface area (Å²) in [6.07, 6.45) is 0. The van der Waals surface area contributed by atoms with Crippen LogP contribution in [0.25, 0.3) is 11.4 Å². The van der Waals surface area contributed by atoms with E-state index in [4.69, 9.17) is 32.7 Å². The molecule has 0 spiro atoms. The molecule has 1 aliphatic heterocycles. The summed E-state index contributed by atoms with van der Waals surface area (Å²) >= 11 is 14.0. The molecule has 1 aliphatic rings. The number of aromatic nitrogens is 2. The largest absolute Gasteiger partial charge is 0.486 e. The van der Waals surface area contributed by atoms with Gasteiger partial charge in [0.05, 0.1) is 3.57 Å². The average Bonchev–Trinajstić information content (AvgIpc) is 2.43. The molecule has 1 aromatic carbocycles. The quantitative estimate of drug-likeness (QED) is 0.531. The average molecular weight is 409 g/mol. The molecule has 0 aliphatic carbocycles. The predicted molar refractivity (Wildman–Crippen MR) is 81.2 cm³/mol. The first-order valence-corrected chi connectivity index (χ1v) is 7.27. The maximum Gasteiger partial charge on any atom is 0.162 e. The Hall–Kier alpha value is -0.790. The lowest BCUT2D eigenvalue weighted by Crippen LogP contribution is -2.15. The third-order valence-corrected chi connectivity index (χ3v) is 4.78. The molecule has 7 heteroatoms. The predicted octanol–water partition coefficient (Wildman–Crippen LogP) is 3.83. The summed E-state index contributed by atoms with van der Waals surface area (Å²) in [4.78, 5) is 8.44. The number of benzene rings is 1. The molecular formula is C12H7Cl2IN2O2. The zero-order chi connectivity index (χ0) is 13.4. The number of hydrogen-bond donors (Lipinski definition) is 0. The molecule has 98 valence electrons. The van der Waals surface area contributed by atoms with Crippen molar-refractivity contribution in [3.8, 4) is 22.9 Å². The van der Waals surface area contributed by atoms with Gasteiger partial charge in [-0.1, -0.05) is 23.2 Å². The maximum atomic E-state index is 6.01. The second-order valence-electron chi connectivity index (χ2n) is 3.80. The van der Waals surface area contributed by atoms with Crippen LogP contribution < -0.4 is 9.47 Å². The molecule has 0 N–H and O–H groups in total. The number of rotatable bonds is 1. The van der Waals surface area contributed by atoms with Crippen molar-refractivity contribution < 1.29 is 9.47 Å². The van der Waals surface area contributed by atoms with Gasteiger partial charge >= 0.3 is 0 Å². The first-order valence-electron chi connectivity index (χ1n) is 5.44. The Balaban J connectivity index is 2.07. The van der Waals surface area contributed by atoms with Gasteiger partial charge in [-0.15, -0.1) is 0 Å². The van der Waals surface area contributed by atoms with E-state index >= 15 is 0 Å². The van der Waals surface area contributed by atoms with Crippen molar-refractivity contribution in [2.75, 3.05) is 13.2 Å². The lowest BCUT2D eigenvalue weighted by atomic mass is 10.2. The van der Waals surface area contributed by atoms with Crippen LogP contribution in [-0.2, 0) is 0 Å². The standard InChI is InChI=1S/C12H7Cl2IN2O2/c13-10-9(15)11(14)17-12(16-10)6-1-2-7-8(5-6)19-4-3-18-7/h1-2,5H,3-4H2. The lowest BCUT2D eigenvalue weighted by Gasteiger charge is -2.18. The zero-order valence-electron chi connectivity index (χ0n) is 9.49. The van der Waals surface area contributed by atoms with Gasteiger partial charge in [-0.2, -0.15) is 0 Å². The topological polar surface area (TPSA) is 44.2 Å². The fraction of sp³-hybridized carbons (Fsp3) is 0.167. The van der Waals surface area contributed by atoms with Gasteiger partial charge in [0.15, 0.2) is 17.3 Å². The SMILES string of the molecule is Clc1nc(-c2ccc3c(c2)OCCO3)nc(Cl)c1I. The molecule has 3 rings (SSSR count). The second kappa shape index (κ2) is 5.30. The highest BCUT2D eigenvalue weighted by Crippen LogP contribution is 2.34. The van der Waals surface area contributed by atoms with E-state index in [1.54, 1.807) is 0 Å². The number of fused-ring (bicyclic) bond motifs is 1. The summed E-state index contributed by atoms with van der Waals surface area (Å²) in [5.74, 6) is 1.86. The normalized spacial score (nSPS) is 13.4. The number of nitrogens with zero attached hydrogens (tertiary/aromatic N) is 2. The van der Waals surface area contributed by atoms with Crippen molar-refractivity contribution >= 4 is 45.8 Å². The summed E-state index contributed by atoms with van der Waals surface area (Å²) < 4.78 is 11.6. The highest BCUT2D eigenvalue weighted by molar-refractivity contribution is 14.1. The van der Waals surface area contributed by atoms with Crippen LogP contribution in [0.1, 0.15) is 0 Å². The maximum absolute atomic E-state index is 6.01. The van der Waals surface area contributed by atoms with Crippen LogP contribution in [0.3, 0.4) is 0 Å². The van der Waals surface area contributed by atoms with Crippen molar-refractivity contribution in [1.82, 2.24) is 9.97 Å². The van der Waals surface area contributed by atoms with Crippen LogP contribution >= 0.6 is 45.8 Å². The summed E-state index contributed by atoms with van der Waals surface area (Å²) in [5.41, 5.74) is 0.782. The molecule has 4 nitrogen and oxygen atoms in total. The van der Waals surface area contributed by atoms with Gasteiger partial charge in [-0.3, -0.25) is 0 Å². The molecule has 19 heavy (non-hydrogen) atoms. The Morgan fingerprint density at radius 2 is 1.63 bits per heavy atom. The summed E-state index contributed by atoms with van der Waals surface area (Å²) in [5, 5.41) is 0.677. The third kappa shape index (κ3) is 2.59. The fourth-order valence-electron chi connectivity index (χ4n) is 1.71. The van der Waals surface area contributed by atoms with Crippen molar-refractivity contribution in [3.63, 3.8) is 0 Å². The van der Waals surface area contributed by atoms with Gasteiger partial charge in [0, 0.05) is 5.56 Å². The first-order chi connectivity index (χ1) is 9.15. The Morgan fingerprint density at radius 3 is 2.32 bits per heavy atom. The van der Waals surface area contributed by atoms with E-state index in [0.717, 1.165) is 11.3 Å². The second-order valence-corrected chi connectivity index (χ2v) is 5.60. The van der Waals surface area contributed by atoms with E-state index in [-0.39, 0.29) is 0 Å². The van der Waals surface area contributed by atoms with E-state index in [9.17, 15) is 0 Å². The molecular weight excluding hydrogens is 402 g/mol.